The van der Waals surface area contributed by atoms with Gasteiger partial charge in [0.15, 0.2) is 0 Å². The fourth-order valence-electron chi connectivity index (χ4n) is 2.46. The Morgan fingerprint density at radius 1 is 1.18 bits per heavy atom. The predicted octanol–water partition coefficient (Wildman–Crippen LogP) is 1.33. The van der Waals surface area contributed by atoms with E-state index in [-0.39, 0.29) is 11.8 Å². The Hall–Kier alpha value is -0.130. The van der Waals surface area contributed by atoms with Crippen LogP contribution < -0.4 is 5.32 Å². The predicted molar refractivity (Wildman–Crippen MR) is 69.4 cm³/mol. The van der Waals surface area contributed by atoms with Crippen LogP contribution in [0.1, 0.15) is 45.4 Å². The van der Waals surface area contributed by atoms with Crippen LogP contribution in [-0.4, -0.2) is 43.6 Å². The number of nitrogens with one attached hydrogen (secondary N) is 1. The van der Waals surface area contributed by atoms with Gasteiger partial charge < -0.3 is 5.32 Å². The monoisotopic (exact) mass is 260 g/mol. The van der Waals surface area contributed by atoms with E-state index in [1.807, 2.05) is 6.92 Å². The molecule has 2 aliphatic rings. The van der Waals surface area contributed by atoms with Crippen LogP contribution in [0.3, 0.4) is 0 Å². The summed E-state index contributed by atoms with van der Waals surface area (Å²) in [6.07, 6.45) is 6.76. The van der Waals surface area contributed by atoms with Crippen LogP contribution in [-0.2, 0) is 10.0 Å². The molecule has 1 saturated carbocycles. The van der Waals surface area contributed by atoms with Crippen LogP contribution in [0.15, 0.2) is 0 Å². The van der Waals surface area contributed by atoms with Gasteiger partial charge in [0, 0.05) is 25.2 Å². The van der Waals surface area contributed by atoms with Crippen molar-refractivity contribution in [3.63, 3.8) is 0 Å². The average molecular weight is 260 g/mol. The lowest BCUT2D eigenvalue weighted by molar-refractivity contribution is 0.342. The summed E-state index contributed by atoms with van der Waals surface area (Å²) in [6.45, 7) is 3.36. The molecule has 0 aromatic carbocycles. The first-order chi connectivity index (χ1) is 8.09. The van der Waals surface area contributed by atoms with Gasteiger partial charge >= 0.3 is 0 Å². The van der Waals surface area contributed by atoms with Gasteiger partial charge in [-0.05, 0) is 32.6 Å². The summed E-state index contributed by atoms with van der Waals surface area (Å²) in [5.41, 5.74) is 0. The summed E-state index contributed by atoms with van der Waals surface area (Å²) in [7, 11) is -3.05. The number of sulfonamides is 1. The number of hydrogen-bond donors (Lipinski definition) is 1. The lowest BCUT2D eigenvalue weighted by Crippen LogP contribution is -2.41. The van der Waals surface area contributed by atoms with E-state index in [1.165, 1.54) is 12.8 Å². The summed E-state index contributed by atoms with van der Waals surface area (Å²) < 4.78 is 26.2. The van der Waals surface area contributed by atoms with E-state index >= 15 is 0 Å². The van der Waals surface area contributed by atoms with Crippen molar-refractivity contribution >= 4 is 10.0 Å². The van der Waals surface area contributed by atoms with Crippen LogP contribution >= 0.6 is 0 Å². The molecule has 1 unspecified atom stereocenters. The van der Waals surface area contributed by atoms with Crippen LogP contribution in [0.4, 0.5) is 0 Å². The first-order valence-corrected chi connectivity index (χ1v) is 8.43. The molecule has 1 saturated heterocycles. The third-order valence-electron chi connectivity index (χ3n) is 3.72. The fraction of sp³-hybridized carbons (Fsp3) is 1.00. The third kappa shape index (κ3) is 3.93. The number of nitrogens with zero attached hydrogens (tertiary/aromatic N) is 1. The van der Waals surface area contributed by atoms with E-state index in [0.717, 1.165) is 25.7 Å². The Kier molecular flexibility index (Phi) is 4.44. The lowest BCUT2D eigenvalue weighted by Gasteiger charge is -2.26. The molecule has 1 aliphatic carbocycles. The van der Waals surface area contributed by atoms with Crippen LogP contribution in [0.25, 0.3) is 0 Å². The normalized spacial score (nSPS) is 27.9. The van der Waals surface area contributed by atoms with Crippen molar-refractivity contribution < 1.29 is 8.42 Å². The molecule has 0 radical (unpaired) electrons. The van der Waals surface area contributed by atoms with Gasteiger partial charge in [-0.2, -0.15) is 4.31 Å². The Balaban J connectivity index is 1.86. The molecule has 0 aromatic rings. The first-order valence-electron chi connectivity index (χ1n) is 6.82. The van der Waals surface area contributed by atoms with Gasteiger partial charge in [0.25, 0.3) is 0 Å². The van der Waals surface area contributed by atoms with Gasteiger partial charge in [-0.15, -0.1) is 0 Å². The SMILES string of the molecule is CC1CCCCCN1S(=O)(=O)CCNC1CC1. The Bertz CT molecular complexity index is 338. The van der Waals surface area contributed by atoms with Crippen molar-refractivity contribution in [2.45, 2.75) is 57.5 Å². The zero-order chi connectivity index (χ0) is 12.3. The molecule has 1 atom stereocenters. The van der Waals surface area contributed by atoms with Crippen molar-refractivity contribution in [3.8, 4) is 0 Å². The zero-order valence-electron chi connectivity index (χ0n) is 10.7. The molecule has 1 N–H and O–H groups in total. The van der Waals surface area contributed by atoms with Crippen molar-refractivity contribution in [3.05, 3.63) is 0 Å². The average Bonchev–Trinajstić information content (AvgIpc) is 3.05. The highest BCUT2D eigenvalue weighted by Gasteiger charge is 2.28. The number of hydrogen-bond acceptors (Lipinski definition) is 3. The molecule has 1 heterocycles. The zero-order valence-corrected chi connectivity index (χ0v) is 11.5. The lowest BCUT2D eigenvalue weighted by atomic mass is 10.1. The smallest absolute Gasteiger partial charge is 0.215 e. The summed E-state index contributed by atoms with van der Waals surface area (Å²) in [6, 6.07) is 0.773. The van der Waals surface area contributed by atoms with Gasteiger partial charge in [0.1, 0.15) is 0 Å². The van der Waals surface area contributed by atoms with Gasteiger partial charge in [-0.1, -0.05) is 12.8 Å². The molecule has 17 heavy (non-hydrogen) atoms. The highest BCUT2D eigenvalue weighted by Crippen LogP contribution is 2.21. The van der Waals surface area contributed by atoms with Gasteiger partial charge in [-0.25, -0.2) is 8.42 Å². The molecule has 0 aromatic heterocycles. The first kappa shape index (κ1) is 13.3. The van der Waals surface area contributed by atoms with Crippen molar-refractivity contribution in [1.82, 2.24) is 9.62 Å². The van der Waals surface area contributed by atoms with Crippen molar-refractivity contribution in [1.29, 1.82) is 0 Å². The molecular formula is C12H24N2O2S. The van der Waals surface area contributed by atoms with E-state index < -0.39 is 10.0 Å². The minimum atomic E-state index is -3.05. The Labute approximate surface area is 105 Å². The summed E-state index contributed by atoms with van der Waals surface area (Å²) in [5, 5.41) is 3.28. The topological polar surface area (TPSA) is 49.4 Å². The third-order valence-corrected chi connectivity index (χ3v) is 5.70. The minimum Gasteiger partial charge on any atom is -0.313 e. The molecule has 0 amide bonds. The molecule has 100 valence electrons. The quantitative estimate of drug-likeness (QED) is 0.811. The fourth-order valence-corrected chi connectivity index (χ4v) is 4.13. The van der Waals surface area contributed by atoms with E-state index in [9.17, 15) is 8.42 Å². The van der Waals surface area contributed by atoms with Gasteiger partial charge in [-0.3, -0.25) is 0 Å². The maximum absolute atomic E-state index is 12.2. The molecule has 0 bridgehead atoms. The molecule has 2 fully saturated rings. The number of rotatable bonds is 5. The summed E-state index contributed by atoms with van der Waals surface area (Å²) >= 11 is 0. The second-order valence-electron chi connectivity index (χ2n) is 5.35. The van der Waals surface area contributed by atoms with Crippen molar-refractivity contribution in [2.24, 2.45) is 0 Å². The Morgan fingerprint density at radius 2 is 1.94 bits per heavy atom. The molecular weight excluding hydrogens is 236 g/mol. The maximum Gasteiger partial charge on any atom is 0.215 e. The Morgan fingerprint density at radius 3 is 2.65 bits per heavy atom. The highest BCUT2D eigenvalue weighted by molar-refractivity contribution is 7.89. The second-order valence-corrected chi connectivity index (χ2v) is 7.39. The standard InChI is InChI=1S/C12H24N2O2S/c1-11-5-3-2-4-9-14(11)17(15,16)10-8-13-12-6-7-12/h11-13H,2-10H2,1H3. The van der Waals surface area contributed by atoms with E-state index in [0.29, 0.717) is 19.1 Å². The highest BCUT2D eigenvalue weighted by atomic mass is 32.2. The van der Waals surface area contributed by atoms with Crippen molar-refractivity contribution in [2.75, 3.05) is 18.8 Å². The van der Waals surface area contributed by atoms with E-state index in [2.05, 4.69) is 5.32 Å². The van der Waals surface area contributed by atoms with Crippen LogP contribution in [0.5, 0.6) is 0 Å². The maximum atomic E-state index is 12.2. The van der Waals surface area contributed by atoms with Crippen LogP contribution in [0, 0.1) is 0 Å². The van der Waals surface area contributed by atoms with E-state index in [1.54, 1.807) is 4.31 Å². The molecule has 1 aliphatic heterocycles. The van der Waals surface area contributed by atoms with Gasteiger partial charge in [0.05, 0.1) is 5.75 Å². The van der Waals surface area contributed by atoms with Gasteiger partial charge in [0.2, 0.25) is 10.0 Å². The largest absolute Gasteiger partial charge is 0.313 e. The van der Waals surface area contributed by atoms with Crippen LogP contribution in [0.2, 0.25) is 0 Å². The molecule has 2 rings (SSSR count). The molecule has 4 nitrogen and oxygen atoms in total. The van der Waals surface area contributed by atoms with E-state index in [4.69, 9.17) is 0 Å². The molecule has 0 spiro atoms. The minimum absolute atomic E-state index is 0.184. The molecule has 5 heteroatoms. The second kappa shape index (κ2) is 5.67. The summed E-state index contributed by atoms with van der Waals surface area (Å²) in [5.74, 6) is 0.258. The summed E-state index contributed by atoms with van der Waals surface area (Å²) in [4.78, 5) is 0.